The third-order valence-electron chi connectivity index (χ3n) is 6.05. The summed E-state index contributed by atoms with van der Waals surface area (Å²) in [5.74, 6) is 2.17. The number of aromatic nitrogens is 5. The Bertz CT molecular complexity index is 1500. The van der Waals surface area contributed by atoms with Gasteiger partial charge in [0, 0.05) is 22.7 Å². The van der Waals surface area contributed by atoms with Crippen molar-refractivity contribution in [3.05, 3.63) is 53.3 Å². The van der Waals surface area contributed by atoms with E-state index in [0.717, 1.165) is 61.7 Å². The molecule has 0 spiro atoms. The van der Waals surface area contributed by atoms with Gasteiger partial charge in [0.2, 0.25) is 0 Å². The summed E-state index contributed by atoms with van der Waals surface area (Å²) in [4.78, 5) is 17.7. The summed E-state index contributed by atoms with van der Waals surface area (Å²) in [5.41, 5.74) is 7.24. The number of nitrogens with zero attached hydrogens (tertiary/aromatic N) is 4. The number of rotatable bonds is 3. The Hall–Kier alpha value is -3.74. The highest BCUT2D eigenvalue weighted by atomic mass is 16.5. The van der Waals surface area contributed by atoms with E-state index in [1.807, 2.05) is 33.0 Å². The van der Waals surface area contributed by atoms with Crippen LogP contribution in [0.1, 0.15) is 43.6 Å². The predicted molar refractivity (Wildman–Crippen MR) is 130 cm³/mol. The van der Waals surface area contributed by atoms with E-state index in [4.69, 9.17) is 14.2 Å². The fraction of sp³-hybridized carbons (Fsp3) is 0.308. The summed E-state index contributed by atoms with van der Waals surface area (Å²) in [6.45, 7) is 12.3. The van der Waals surface area contributed by atoms with E-state index in [0.29, 0.717) is 5.82 Å². The lowest BCUT2D eigenvalue weighted by Gasteiger charge is -2.19. The van der Waals surface area contributed by atoms with Gasteiger partial charge in [0.25, 0.3) is 0 Å². The number of nitrogens with one attached hydrogen (secondary N) is 1. The molecule has 0 aliphatic heterocycles. The summed E-state index contributed by atoms with van der Waals surface area (Å²) in [6, 6.07) is 8.28. The van der Waals surface area contributed by atoms with Crippen molar-refractivity contribution in [2.24, 2.45) is 0 Å². The molecule has 5 rings (SSSR count). The van der Waals surface area contributed by atoms with Crippen LogP contribution in [0, 0.1) is 20.8 Å². The zero-order valence-electron chi connectivity index (χ0n) is 20.0. The highest BCUT2D eigenvalue weighted by Crippen LogP contribution is 2.41. The van der Waals surface area contributed by atoms with Crippen molar-refractivity contribution in [3.8, 4) is 28.3 Å². The van der Waals surface area contributed by atoms with E-state index >= 15 is 0 Å². The predicted octanol–water partition coefficient (Wildman–Crippen LogP) is 6.06. The Morgan fingerprint density at radius 3 is 2.48 bits per heavy atom. The van der Waals surface area contributed by atoms with Gasteiger partial charge in [-0.2, -0.15) is 0 Å². The topological polar surface area (TPSA) is 89.7 Å². The highest BCUT2D eigenvalue weighted by Gasteiger charge is 2.22. The highest BCUT2D eigenvalue weighted by molar-refractivity contribution is 6.13. The molecule has 5 aromatic rings. The number of benzene rings is 1. The average Bonchev–Trinajstić information content (AvgIpc) is 3.29. The third-order valence-corrected chi connectivity index (χ3v) is 6.05. The van der Waals surface area contributed by atoms with Crippen molar-refractivity contribution in [1.82, 2.24) is 25.1 Å². The minimum absolute atomic E-state index is 0.00552. The number of aromatic amines is 1. The van der Waals surface area contributed by atoms with Crippen LogP contribution in [0.2, 0.25) is 0 Å². The standard InChI is InChI=1S/C26H27N5O2/c1-13-22(14(2)33-31-13)18-11-19-17(12-21(18)32-7)23-24(28-15(3)29-25(23)30-19)20-10-16(8-9-27-20)26(4,5)6/h8-12H,1-7H3,(H,28,29,30). The van der Waals surface area contributed by atoms with E-state index < -0.39 is 0 Å². The van der Waals surface area contributed by atoms with Crippen LogP contribution in [0.4, 0.5) is 0 Å². The monoisotopic (exact) mass is 441 g/mol. The minimum atomic E-state index is 0.00552. The van der Waals surface area contributed by atoms with Crippen LogP contribution in [-0.4, -0.2) is 32.2 Å². The maximum Gasteiger partial charge on any atom is 0.142 e. The van der Waals surface area contributed by atoms with Crippen LogP contribution >= 0.6 is 0 Å². The lowest BCUT2D eigenvalue weighted by molar-refractivity contribution is 0.393. The van der Waals surface area contributed by atoms with E-state index in [-0.39, 0.29) is 5.41 Å². The molecule has 1 aromatic carbocycles. The maximum absolute atomic E-state index is 5.80. The molecule has 7 nitrogen and oxygen atoms in total. The largest absolute Gasteiger partial charge is 0.496 e. The molecule has 0 aliphatic carbocycles. The van der Waals surface area contributed by atoms with Gasteiger partial charge < -0.3 is 14.2 Å². The Balaban J connectivity index is 1.82. The number of fused-ring (bicyclic) bond motifs is 3. The fourth-order valence-corrected chi connectivity index (χ4v) is 4.38. The Kier molecular flexibility index (Phi) is 4.74. The summed E-state index contributed by atoms with van der Waals surface area (Å²) < 4.78 is 11.2. The van der Waals surface area contributed by atoms with E-state index in [2.05, 4.69) is 59.1 Å². The van der Waals surface area contributed by atoms with E-state index in [1.165, 1.54) is 5.56 Å². The molecule has 33 heavy (non-hydrogen) atoms. The first kappa shape index (κ1) is 21.1. The number of pyridine rings is 1. The molecule has 0 unspecified atom stereocenters. The molecule has 4 heterocycles. The molecule has 0 radical (unpaired) electrons. The number of H-pyrrole nitrogens is 1. The lowest BCUT2D eigenvalue weighted by atomic mass is 9.87. The fourth-order valence-electron chi connectivity index (χ4n) is 4.38. The molecule has 1 N–H and O–H groups in total. The molecule has 0 saturated carbocycles. The molecule has 0 saturated heterocycles. The summed E-state index contributed by atoms with van der Waals surface area (Å²) in [6.07, 6.45) is 1.85. The summed E-state index contributed by atoms with van der Waals surface area (Å²) >= 11 is 0. The van der Waals surface area contributed by atoms with Crippen LogP contribution in [0.5, 0.6) is 5.75 Å². The van der Waals surface area contributed by atoms with Gasteiger partial charge in [-0.3, -0.25) is 4.98 Å². The average molecular weight is 442 g/mol. The quantitative estimate of drug-likeness (QED) is 0.366. The van der Waals surface area contributed by atoms with E-state index in [1.54, 1.807) is 7.11 Å². The molecule has 0 aliphatic rings. The second kappa shape index (κ2) is 7.40. The molecular formula is C26H27N5O2. The second-order valence-corrected chi connectivity index (χ2v) is 9.45. The number of aryl methyl sites for hydroxylation is 3. The molecule has 168 valence electrons. The zero-order chi connectivity index (χ0) is 23.5. The van der Waals surface area contributed by atoms with Crippen molar-refractivity contribution in [2.75, 3.05) is 7.11 Å². The van der Waals surface area contributed by atoms with Gasteiger partial charge in [-0.15, -0.1) is 0 Å². The zero-order valence-corrected chi connectivity index (χ0v) is 20.0. The van der Waals surface area contributed by atoms with Crippen LogP contribution < -0.4 is 4.74 Å². The molecule has 0 atom stereocenters. The van der Waals surface area contributed by atoms with Gasteiger partial charge in [-0.25, -0.2) is 9.97 Å². The van der Waals surface area contributed by atoms with Gasteiger partial charge in [-0.05, 0) is 56.0 Å². The molecule has 7 heteroatoms. The summed E-state index contributed by atoms with van der Waals surface area (Å²) in [5, 5.41) is 6.02. The maximum atomic E-state index is 5.80. The van der Waals surface area contributed by atoms with Gasteiger partial charge in [0.1, 0.15) is 28.7 Å². The first-order chi connectivity index (χ1) is 15.7. The van der Waals surface area contributed by atoms with Crippen molar-refractivity contribution >= 4 is 21.9 Å². The van der Waals surface area contributed by atoms with Gasteiger partial charge in [0.15, 0.2) is 0 Å². The molecular weight excluding hydrogens is 414 g/mol. The van der Waals surface area contributed by atoms with Crippen LogP contribution in [0.25, 0.3) is 44.5 Å². The van der Waals surface area contributed by atoms with Crippen LogP contribution in [0.3, 0.4) is 0 Å². The van der Waals surface area contributed by atoms with Crippen molar-refractivity contribution in [1.29, 1.82) is 0 Å². The van der Waals surface area contributed by atoms with Crippen molar-refractivity contribution in [2.45, 2.75) is 47.0 Å². The smallest absolute Gasteiger partial charge is 0.142 e. The van der Waals surface area contributed by atoms with E-state index in [9.17, 15) is 0 Å². The SMILES string of the molecule is COc1cc2c(cc1-c1c(C)noc1C)[nH]c1nc(C)nc(-c3cc(C(C)(C)C)ccn3)c12. The lowest BCUT2D eigenvalue weighted by Crippen LogP contribution is -2.11. The number of ether oxygens (including phenoxy) is 1. The molecule has 0 fully saturated rings. The Morgan fingerprint density at radius 1 is 1.03 bits per heavy atom. The third kappa shape index (κ3) is 3.44. The first-order valence-corrected chi connectivity index (χ1v) is 11.0. The first-order valence-electron chi connectivity index (χ1n) is 11.0. The number of hydrogen-bond acceptors (Lipinski definition) is 6. The van der Waals surface area contributed by atoms with Crippen LogP contribution in [-0.2, 0) is 5.41 Å². The molecule has 4 aromatic heterocycles. The minimum Gasteiger partial charge on any atom is -0.496 e. The molecule has 0 bridgehead atoms. The van der Waals surface area contributed by atoms with Crippen molar-refractivity contribution in [3.63, 3.8) is 0 Å². The van der Waals surface area contributed by atoms with Gasteiger partial charge in [-0.1, -0.05) is 25.9 Å². The van der Waals surface area contributed by atoms with Crippen molar-refractivity contribution < 1.29 is 9.26 Å². The normalized spacial score (nSPS) is 12.1. The Labute approximate surface area is 192 Å². The number of hydrogen-bond donors (Lipinski definition) is 1. The second-order valence-electron chi connectivity index (χ2n) is 9.45. The molecule has 0 amide bonds. The van der Waals surface area contributed by atoms with Gasteiger partial charge >= 0.3 is 0 Å². The number of methoxy groups -OCH3 is 1. The Morgan fingerprint density at radius 2 is 1.82 bits per heavy atom. The van der Waals surface area contributed by atoms with Gasteiger partial charge in [0.05, 0.1) is 29.4 Å². The summed E-state index contributed by atoms with van der Waals surface area (Å²) in [7, 11) is 1.67. The van der Waals surface area contributed by atoms with Crippen LogP contribution in [0.15, 0.2) is 35.0 Å².